The third kappa shape index (κ3) is 4.36. The molecular formula is C18H23FN4O2. The molecule has 0 bridgehead atoms. The lowest BCUT2D eigenvalue weighted by molar-refractivity contribution is 0.102. The minimum atomic E-state index is -0.539. The summed E-state index contributed by atoms with van der Waals surface area (Å²) in [6, 6.07) is 6.29. The Balaban J connectivity index is 1.67. The molecule has 3 rings (SSSR count). The Labute approximate surface area is 146 Å². The molecule has 1 aliphatic rings. The lowest BCUT2D eigenvalue weighted by Gasteiger charge is -2.22. The van der Waals surface area contributed by atoms with Gasteiger partial charge in [0.15, 0.2) is 5.69 Å². The predicted molar refractivity (Wildman–Crippen MR) is 93.5 cm³/mol. The molecule has 1 aromatic carbocycles. The molecule has 1 aliphatic heterocycles. The molecule has 1 aromatic heterocycles. The maximum atomic E-state index is 14.1. The highest BCUT2D eigenvalue weighted by Gasteiger charge is 2.18. The molecule has 2 heterocycles. The Morgan fingerprint density at radius 2 is 2.28 bits per heavy atom. The van der Waals surface area contributed by atoms with E-state index in [2.05, 4.69) is 15.7 Å². The fourth-order valence-corrected chi connectivity index (χ4v) is 2.85. The van der Waals surface area contributed by atoms with Crippen LogP contribution in [-0.2, 0) is 0 Å². The molecule has 1 unspecified atom stereocenters. The number of hydrogen-bond donors (Lipinski definition) is 2. The number of carbonyl (C=O) groups is 1. The summed E-state index contributed by atoms with van der Waals surface area (Å²) in [6.07, 6.45) is 3.87. The van der Waals surface area contributed by atoms with E-state index in [1.54, 1.807) is 23.0 Å². The van der Waals surface area contributed by atoms with Crippen molar-refractivity contribution in [3.05, 3.63) is 42.0 Å². The van der Waals surface area contributed by atoms with E-state index in [0.29, 0.717) is 5.75 Å². The zero-order chi connectivity index (χ0) is 17.8. The van der Waals surface area contributed by atoms with Crippen LogP contribution in [0.2, 0.25) is 0 Å². The Hall–Kier alpha value is -2.41. The smallest absolute Gasteiger partial charge is 0.276 e. The van der Waals surface area contributed by atoms with Gasteiger partial charge in [0.25, 0.3) is 5.91 Å². The van der Waals surface area contributed by atoms with Gasteiger partial charge in [-0.15, -0.1) is 0 Å². The minimum absolute atomic E-state index is 0.0434. The Morgan fingerprint density at radius 1 is 1.44 bits per heavy atom. The van der Waals surface area contributed by atoms with Crippen molar-refractivity contribution >= 4 is 11.6 Å². The SMILES string of the molecule is CC(C)Oc1ccc(NC(=O)c2ccn(C3CCCNC3)n2)c(F)c1. The summed E-state index contributed by atoms with van der Waals surface area (Å²) in [5, 5.41) is 10.2. The number of piperidine rings is 1. The lowest BCUT2D eigenvalue weighted by atomic mass is 10.1. The first-order valence-electron chi connectivity index (χ1n) is 8.56. The Kier molecular flexibility index (Phi) is 5.33. The fourth-order valence-electron chi connectivity index (χ4n) is 2.85. The average molecular weight is 346 g/mol. The summed E-state index contributed by atoms with van der Waals surface area (Å²) in [7, 11) is 0. The van der Waals surface area contributed by atoms with E-state index in [4.69, 9.17) is 4.74 Å². The van der Waals surface area contributed by atoms with Crippen molar-refractivity contribution < 1.29 is 13.9 Å². The third-order valence-electron chi connectivity index (χ3n) is 4.05. The summed E-state index contributed by atoms with van der Waals surface area (Å²) >= 11 is 0. The number of carbonyl (C=O) groups excluding carboxylic acids is 1. The third-order valence-corrected chi connectivity index (χ3v) is 4.05. The van der Waals surface area contributed by atoms with Gasteiger partial charge in [0.05, 0.1) is 17.8 Å². The maximum absolute atomic E-state index is 14.1. The van der Waals surface area contributed by atoms with Crippen LogP contribution in [0.5, 0.6) is 5.75 Å². The summed E-state index contributed by atoms with van der Waals surface area (Å²) in [5.41, 5.74) is 0.377. The van der Waals surface area contributed by atoms with Crippen LogP contribution in [0.3, 0.4) is 0 Å². The number of rotatable bonds is 5. The highest BCUT2D eigenvalue weighted by molar-refractivity contribution is 6.02. The number of nitrogens with zero attached hydrogens (tertiary/aromatic N) is 2. The predicted octanol–water partition coefficient (Wildman–Crippen LogP) is 2.99. The average Bonchev–Trinajstić information content (AvgIpc) is 3.08. The molecule has 0 saturated carbocycles. The van der Waals surface area contributed by atoms with Crippen molar-refractivity contribution in [1.29, 1.82) is 0 Å². The van der Waals surface area contributed by atoms with Crippen LogP contribution in [0.4, 0.5) is 10.1 Å². The number of nitrogens with one attached hydrogen (secondary N) is 2. The second-order valence-corrected chi connectivity index (χ2v) is 6.44. The minimum Gasteiger partial charge on any atom is -0.491 e. The molecule has 25 heavy (non-hydrogen) atoms. The first kappa shape index (κ1) is 17.4. The van der Waals surface area contributed by atoms with Gasteiger partial charge in [-0.05, 0) is 51.4 Å². The first-order chi connectivity index (χ1) is 12.0. The van der Waals surface area contributed by atoms with Crippen molar-refractivity contribution in [2.75, 3.05) is 18.4 Å². The number of halogens is 1. The highest BCUT2D eigenvalue weighted by atomic mass is 19.1. The van der Waals surface area contributed by atoms with Crippen LogP contribution in [0.25, 0.3) is 0 Å². The normalized spacial score (nSPS) is 17.5. The van der Waals surface area contributed by atoms with Crippen LogP contribution in [0, 0.1) is 5.82 Å². The molecule has 0 spiro atoms. The van der Waals surface area contributed by atoms with Gasteiger partial charge < -0.3 is 15.4 Å². The van der Waals surface area contributed by atoms with E-state index in [9.17, 15) is 9.18 Å². The van der Waals surface area contributed by atoms with Crippen LogP contribution in [0.1, 0.15) is 43.2 Å². The van der Waals surface area contributed by atoms with E-state index in [-0.39, 0.29) is 23.5 Å². The molecule has 0 aliphatic carbocycles. The summed E-state index contributed by atoms with van der Waals surface area (Å²) < 4.78 is 21.4. The standard InChI is InChI=1S/C18H23FN4O2/c1-12(2)25-14-5-6-16(15(19)10-14)21-18(24)17-7-9-23(22-17)13-4-3-8-20-11-13/h5-7,9-10,12-13,20H,3-4,8,11H2,1-2H3,(H,21,24). The molecule has 2 N–H and O–H groups in total. The molecule has 1 atom stereocenters. The second-order valence-electron chi connectivity index (χ2n) is 6.44. The summed E-state index contributed by atoms with van der Waals surface area (Å²) in [6.45, 7) is 5.59. The maximum Gasteiger partial charge on any atom is 0.276 e. The summed E-state index contributed by atoms with van der Waals surface area (Å²) in [4.78, 5) is 12.3. The van der Waals surface area contributed by atoms with Gasteiger partial charge in [-0.3, -0.25) is 9.48 Å². The quantitative estimate of drug-likeness (QED) is 0.873. The zero-order valence-electron chi connectivity index (χ0n) is 14.5. The van der Waals surface area contributed by atoms with Crippen molar-refractivity contribution in [2.24, 2.45) is 0 Å². The molecular weight excluding hydrogens is 323 g/mol. The van der Waals surface area contributed by atoms with Gasteiger partial charge >= 0.3 is 0 Å². The number of aromatic nitrogens is 2. The number of hydrogen-bond acceptors (Lipinski definition) is 4. The number of amides is 1. The van der Waals surface area contributed by atoms with E-state index in [1.165, 1.54) is 12.1 Å². The Bertz CT molecular complexity index is 738. The molecule has 2 aromatic rings. The summed E-state index contributed by atoms with van der Waals surface area (Å²) in [5.74, 6) is -0.541. The topological polar surface area (TPSA) is 68.2 Å². The van der Waals surface area contributed by atoms with Gasteiger partial charge in [-0.25, -0.2) is 4.39 Å². The van der Waals surface area contributed by atoms with Gasteiger partial charge in [0.1, 0.15) is 11.6 Å². The van der Waals surface area contributed by atoms with Crippen molar-refractivity contribution in [2.45, 2.75) is 38.8 Å². The van der Waals surface area contributed by atoms with Crippen molar-refractivity contribution in [1.82, 2.24) is 15.1 Å². The van der Waals surface area contributed by atoms with E-state index >= 15 is 0 Å². The number of anilines is 1. The zero-order valence-corrected chi connectivity index (χ0v) is 14.5. The van der Waals surface area contributed by atoms with E-state index < -0.39 is 11.7 Å². The van der Waals surface area contributed by atoms with Gasteiger partial charge in [-0.2, -0.15) is 5.10 Å². The highest BCUT2D eigenvalue weighted by Crippen LogP contribution is 2.22. The molecule has 1 amide bonds. The fraction of sp³-hybridized carbons (Fsp3) is 0.444. The number of benzene rings is 1. The van der Waals surface area contributed by atoms with Crippen LogP contribution in [0.15, 0.2) is 30.5 Å². The molecule has 7 heteroatoms. The van der Waals surface area contributed by atoms with Crippen LogP contribution >= 0.6 is 0 Å². The molecule has 6 nitrogen and oxygen atoms in total. The first-order valence-corrected chi connectivity index (χ1v) is 8.56. The molecule has 134 valence electrons. The largest absolute Gasteiger partial charge is 0.491 e. The van der Waals surface area contributed by atoms with Gasteiger partial charge in [0, 0.05) is 18.8 Å². The second kappa shape index (κ2) is 7.65. The number of ether oxygens (including phenoxy) is 1. The molecule has 0 radical (unpaired) electrons. The van der Waals surface area contributed by atoms with Gasteiger partial charge in [0.2, 0.25) is 0 Å². The van der Waals surface area contributed by atoms with Crippen LogP contribution < -0.4 is 15.4 Å². The molecule has 1 fully saturated rings. The van der Waals surface area contributed by atoms with E-state index in [1.807, 2.05) is 13.8 Å². The van der Waals surface area contributed by atoms with Crippen molar-refractivity contribution in [3.63, 3.8) is 0 Å². The van der Waals surface area contributed by atoms with Crippen molar-refractivity contribution in [3.8, 4) is 5.75 Å². The lowest BCUT2D eigenvalue weighted by Crippen LogP contribution is -2.32. The van der Waals surface area contributed by atoms with E-state index in [0.717, 1.165) is 25.9 Å². The molecule has 1 saturated heterocycles. The van der Waals surface area contributed by atoms with Crippen LogP contribution in [-0.4, -0.2) is 34.9 Å². The Morgan fingerprint density at radius 3 is 2.96 bits per heavy atom. The monoisotopic (exact) mass is 346 g/mol. The van der Waals surface area contributed by atoms with Gasteiger partial charge in [-0.1, -0.05) is 0 Å².